The standard InChI is InChI=1S/C23H15ClF3N3O2/c24-20-10-7-16(11-19(20)23(25,26)27)30-22(31)29-15-5-8-17(9-6-15)32-21-13-28-12-14-3-1-2-4-18(14)21/h1-13H,(H2,29,30,31). The number of urea groups is 1. The summed E-state index contributed by atoms with van der Waals surface area (Å²) in [4.78, 5) is 16.3. The van der Waals surface area contributed by atoms with E-state index < -0.39 is 22.8 Å². The predicted octanol–water partition coefficient (Wildman–Crippen LogP) is 7.34. The van der Waals surface area contributed by atoms with Gasteiger partial charge >= 0.3 is 12.2 Å². The molecule has 0 aliphatic rings. The van der Waals surface area contributed by atoms with Crippen LogP contribution >= 0.6 is 11.6 Å². The first-order valence-corrected chi connectivity index (χ1v) is 9.73. The SMILES string of the molecule is O=C(Nc1ccc(Oc2cncc3ccccc23)cc1)Nc1ccc(Cl)c(C(F)(F)F)c1. The van der Waals surface area contributed by atoms with Crippen molar-refractivity contribution in [3.05, 3.63) is 89.7 Å². The van der Waals surface area contributed by atoms with E-state index in [1.807, 2.05) is 24.3 Å². The second-order valence-corrected chi connectivity index (χ2v) is 7.16. The van der Waals surface area contributed by atoms with Gasteiger partial charge in [-0.1, -0.05) is 35.9 Å². The van der Waals surface area contributed by atoms with Gasteiger partial charge in [0.05, 0.1) is 16.8 Å². The number of carbonyl (C=O) groups is 1. The van der Waals surface area contributed by atoms with Gasteiger partial charge in [0, 0.05) is 28.3 Å². The molecule has 0 saturated heterocycles. The molecule has 0 aliphatic heterocycles. The van der Waals surface area contributed by atoms with Gasteiger partial charge in [0.1, 0.15) is 5.75 Å². The minimum atomic E-state index is -4.62. The number of alkyl halides is 3. The van der Waals surface area contributed by atoms with Crippen molar-refractivity contribution in [3.8, 4) is 11.5 Å². The van der Waals surface area contributed by atoms with E-state index in [2.05, 4.69) is 15.6 Å². The maximum absolute atomic E-state index is 13.0. The molecule has 1 aromatic heterocycles. The summed E-state index contributed by atoms with van der Waals surface area (Å²) in [5, 5.41) is 6.31. The van der Waals surface area contributed by atoms with Gasteiger partial charge in [0.25, 0.3) is 0 Å². The number of amides is 2. The van der Waals surface area contributed by atoms with Gasteiger partial charge in [-0.15, -0.1) is 0 Å². The fraction of sp³-hybridized carbons (Fsp3) is 0.0435. The number of pyridine rings is 1. The number of hydrogen-bond acceptors (Lipinski definition) is 3. The van der Waals surface area contributed by atoms with Crippen LogP contribution in [0.3, 0.4) is 0 Å². The van der Waals surface area contributed by atoms with Crippen LogP contribution in [0.4, 0.5) is 29.3 Å². The molecule has 0 saturated carbocycles. The molecule has 0 unspecified atom stereocenters. The van der Waals surface area contributed by atoms with Crippen LogP contribution in [0.2, 0.25) is 5.02 Å². The maximum Gasteiger partial charge on any atom is 0.417 e. The van der Waals surface area contributed by atoms with Gasteiger partial charge in [-0.25, -0.2) is 4.79 Å². The minimum absolute atomic E-state index is 0.0392. The molecule has 162 valence electrons. The predicted molar refractivity (Wildman–Crippen MR) is 117 cm³/mol. The molecule has 5 nitrogen and oxygen atoms in total. The third kappa shape index (κ3) is 4.92. The molecule has 0 fully saturated rings. The molecule has 9 heteroatoms. The number of anilines is 2. The highest BCUT2D eigenvalue weighted by Crippen LogP contribution is 2.36. The highest BCUT2D eigenvalue weighted by molar-refractivity contribution is 6.31. The van der Waals surface area contributed by atoms with Gasteiger partial charge in [-0.05, 0) is 42.5 Å². The Hall–Kier alpha value is -3.78. The summed E-state index contributed by atoms with van der Waals surface area (Å²) in [6, 6.07) is 16.6. The molecule has 0 aliphatic carbocycles. The number of aromatic nitrogens is 1. The van der Waals surface area contributed by atoms with E-state index in [1.165, 1.54) is 6.07 Å². The number of rotatable bonds is 4. The summed E-state index contributed by atoms with van der Waals surface area (Å²) in [5.41, 5.74) is -0.639. The molecule has 2 amide bonds. The van der Waals surface area contributed by atoms with Gasteiger partial charge in [0.15, 0.2) is 5.75 Å². The Balaban J connectivity index is 1.42. The Morgan fingerprint density at radius 3 is 2.34 bits per heavy atom. The van der Waals surface area contributed by atoms with Crippen molar-refractivity contribution in [1.82, 2.24) is 4.98 Å². The van der Waals surface area contributed by atoms with E-state index >= 15 is 0 Å². The van der Waals surface area contributed by atoms with E-state index in [0.717, 1.165) is 22.9 Å². The summed E-state index contributed by atoms with van der Waals surface area (Å²) in [7, 11) is 0. The summed E-state index contributed by atoms with van der Waals surface area (Å²) in [6.45, 7) is 0. The zero-order valence-electron chi connectivity index (χ0n) is 16.3. The summed E-state index contributed by atoms with van der Waals surface area (Å²) < 4.78 is 44.8. The summed E-state index contributed by atoms with van der Waals surface area (Å²) in [5.74, 6) is 1.12. The van der Waals surface area contributed by atoms with Crippen molar-refractivity contribution in [2.24, 2.45) is 0 Å². The Morgan fingerprint density at radius 1 is 0.906 bits per heavy atom. The quantitative estimate of drug-likeness (QED) is 0.337. The molecule has 32 heavy (non-hydrogen) atoms. The average Bonchev–Trinajstić information content (AvgIpc) is 2.76. The van der Waals surface area contributed by atoms with Crippen molar-refractivity contribution in [2.75, 3.05) is 10.6 Å². The molecular weight excluding hydrogens is 443 g/mol. The Morgan fingerprint density at radius 2 is 1.59 bits per heavy atom. The minimum Gasteiger partial charge on any atom is -0.455 e. The van der Waals surface area contributed by atoms with Gasteiger partial charge < -0.3 is 15.4 Å². The van der Waals surface area contributed by atoms with E-state index in [4.69, 9.17) is 16.3 Å². The molecule has 4 rings (SSSR count). The molecule has 3 aromatic carbocycles. The van der Waals surface area contributed by atoms with Crippen molar-refractivity contribution in [1.29, 1.82) is 0 Å². The Kier molecular flexibility index (Phi) is 5.87. The first-order valence-electron chi connectivity index (χ1n) is 9.35. The molecule has 0 bridgehead atoms. The first kappa shape index (κ1) is 21.5. The van der Waals surface area contributed by atoms with Crippen LogP contribution in [-0.4, -0.2) is 11.0 Å². The largest absolute Gasteiger partial charge is 0.455 e. The van der Waals surface area contributed by atoms with Crippen LogP contribution in [0, 0.1) is 0 Å². The molecule has 2 N–H and O–H groups in total. The van der Waals surface area contributed by atoms with Crippen molar-refractivity contribution in [3.63, 3.8) is 0 Å². The van der Waals surface area contributed by atoms with Crippen LogP contribution in [-0.2, 0) is 6.18 Å². The van der Waals surface area contributed by atoms with Crippen molar-refractivity contribution >= 4 is 39.8 Å². The molecule has 1 heterocycles. The lowest BCUT2D eigenvalue weighted by Gasteiger charge is -2.13. The number of halogens is 4. The van der Waals surface area contributed by atoms with Gasteiger partial charge in [-0.3, -0.25) is 4.98 Å². The third-order valence-electron chi connectivity index (χ3n) is 4.50. The molecule has 4 aromatic rings. The molecule has 0 atom stereocenters. The lowest BCUT2D eigenvalue weighted by molar-refractivity contribution is -0.137. The molecule has 0 spiro atoms. The Labute approximate surface area is 185 Å². The summed E-state index contributed by atoms with van der Waals surface area (Å²) >= 11 is 5.59. The zero-order valence-corrected chi connectivity index (χ0v) is 17.0. The highest BCUT2D eigenvalue weighted by atomic mass is 35.5. The zero-order chi connectivity index (χ0) is 22.7. The lowest BCUT2D eigenvalue weighted by Crippen LogP contribution is -2.19. The van der Waals surface area contributed by atoms with Crippen LogP contribution in [0.5, 0.6) is 11.5 Å². The second-order valence-electron chi connectivity index (χ2n) is 6.76. The van der Waals surface area contributed by atoms with E-state index in [0.29, 0.717) is 17.2 Å². The van der Waals surface area contributed by atoms with E-state index in [9.17, 15) is 18.0 Å². The number of nitrogens with zero attached hydrogens (tertiary/aromatic N) is 1. The van der Waals surface area contributed by atoms with Crippen LogP contribution in [0.15, 0.2) is 79.1 Å². The van der Waals surface area contributed by atoms with E-state index in [-0.39, 0.29) is 5.69 Å². The average molecular weight is 458 g/mol. The van der Waals surface area contributed by atoms with Crippen molar-refractivity contribution in [2.45, 2.75) is 6.18 Å². The number of nitrogens with one attached hydrogen (secondary N) is 2. The number of hydrogen-bond donors (Lipinski definition) is 2. The highest BCUT2D eigenvalue weighted by Gasteiger charge is 2.33. The number of carbonyl (C=O) groups excluding carboxylic acids is 1. The van der Waals surface area contributed by atoms with Gasteiger partial charge in [0.2, 0.25) is 0 Å². The number of benzene rings is 3. The molecular formula is C23H15ClF3N3O2. The Bertz CT molecular complexity index is 1270. The molecule has 0 radical (unpaired) electrons. The third-order valence-corrected chi connectivity index (χ3v) is 4.83. The second kappa shape index (κ2) is 8.76. The van der Waals surface area contributed by atoms with Crippen LogP contribution in [0.1, 0.15) is 5.56 Å². The monoisotopic (exact) mass is 457 g/mol. The lowest BCUT2D eigenvalue weighted by atomic mass is 10.2. The number of fused-ring (bicyclic) bond motifs is 1. The summed E-state index contributed by atoms with van der Waals surface area (Å²) in [6.07, 6.45) is -1.27. The topological polar surface area (TPSA) is 63.2 Å². The normalized spacial score (nSPS) is 11.2. The fourth-order valence-electron chi connectivity index (χ4n) is 3.02. The smallest absolute Gasteiger partial charge is 0.417 e. The fourth-order valence-corrected chi connectivity index (χ4v) is 3.24. The van der Waals surface area contributed by atoms with Crippen LogP contribution < -0.4 is 15.4 Å². The number of ether oxygens (including phenoxy) is 1. The van der Waals surface area contributed by atoms with Crippen LogP contribution in [0.25, 0.3) is 10.8 Å². The maximum atomic E-state index is 13.0. The first-order chi connectivity index (χ1) is 15.3. The van der Waals surface area contributed by atoms with E-state index in [1.54, 1.807) is 36.7 Å². The van der Waals surface area contributed by atoms with Crippen molar-refractivity contribution < 1.29 is 22.7 Å². The van der Waals surface area contributed by atoms with Gasteiger partial charge in [-0.2, -0.15) is 13.2 Å².